The van der Waals surface area contributed by atoms with Crippen LogP contribution in [0.4, 0.5) is 0 Å². The van der Waals surface area contributed by atoms with Crippen LogP contribution in [0.1, 0.15) is 92.9 Å². The van der Waals surface area contributed by atoms with E-state index in [1.54, 1.807) is 0 Å². The first-order valence-corrected chi connectivity index (χ1v) is 9.28. The van der Waals surface area contributed by atoms with Crippen LogP contribution in [-0.2, 0) is 14.3 Å². The SMILES string of the molecule is CCCCCCCCC(CC(=O)O)C(C)(OC(C)C)OC(C)C. The molecule has 0 amide bonds. The summed E-state index contributed by atoms with van der Waals surface area (Å²) in [7, 11) is 0. The van der Waals surface area contributed by atoms with Crippen molar-refractivity contribution < 1.29 is 19.4 Å². The van der Waals surface area contributed by atoms with Crippen molar-refractivity contribution in [2.75, 3.05) is 0 Å². The normalized spacial score (nSPS) is 13.7. The number of rotatable bonds is 14. The van der Waals surface area contributed by atoms with Crippen molar-refractivity contribution in [3.8, 4) is 0 Å². The zero-order valence-corrected chi connectivity index (χ0v) is 16.1. The van der Waals surface area contributed by atoms with Crippen molar-refractivity contribution in [1.29, 1.82) is 0 Å². The lowest BCUT2D eigenvalue weighted by Gasteiger charge is -2.39. The number of ether oxygens (including phenoxy) is 2. The minimum atomic E-state index is -0.843. The molecule has 0 aromatic rings. The Labute approximate surface area is 142 Å². The Morgan fingerprint density at radius 1 is 0.957 bits per heavy atom. The predicted molar refractivity (Wildman–Crippen MR) is 94.6 cm³/mol. The summed E-state index contributed by atoms with van der Waals surface area (Å²) in [6, 6.07) is 0. The highest BCUT2D eigenvalue weighted by Gasteiger charge is 2.39. The molecule has 0 heterocycles. The van der Waals surface area contributed by atoms with Gasteiger partial charge in [0.2, 0.25) is 0 Å². The van der Waals surface area contributed by atoms with E-state index >= 15 is 0 Å². The molecule has 0 bridgehead atoms. The summed E-state index contributed by atoms with van der Waals surface area (Å²) in [5.41, 5.74) is 0. The first kappa shape index (κ1) is 22.4. The predicted octanol–water partition coefficient (Wildman–Crippen LogP) is 5.39. The van der Waals surface area contributed by atoms with E-state index in [0.29, 0.717) is 0 Å². The molecule has 0 radical (unpaired) electrons. The molecule has 0 aliphatic heterocycles. The second-order valence-electron chi connectivity index (χ2n) is 7.20. The van der Waals surface area contributed by atoms with Gasteiger partial charge in [-0.1, -0.05) is 45.4 Å². The smallest absolute Gasteiger partial charge is 0.303 e. The molecule has 1 atom stereocenters. The summed E-state index contributed by atoms with van der Waals surface area (Å²) in [5.74, 6) is -1.76. The second-order valence-corrected chi connectivity index (χ2v) is 7.20. The van der Waals surface area contributed by atoms with Crippen molar-refractivity contribution in [2.24, 2.45) is 5.92 Å². The Morgan fingerprint density at radius 2 is 1.43 bits per heavy atom. The van der Waals surface area contributed by atoms with Gasteiger partial charge in [-0.05, 0) is 41.0 Å². The van der Waals surface area contributed by atoms with Crippen molar-refractivity contribution in [2.45, 2.75) is 111 Å². The van der Waals surface area contributed by atoms with E-state index in [-0.39, 0.29) is 24.5 Å². The van der Waals surface area contributed by atoms with Crippen LogP contribution in [0, 0.1) is 5.92 Å². The fraction of sp³-hybridized carbons (Fsp3) is 0.947. The van der Waals surface area contributed by atoms with Gasteiger partial charge in [0.25, 0.3) is 0 Å². The highest BCUT2D eigenvalue weighted by molar-refractivity contribution is 5.67. The zero-order chi connectivity index (χ0) is 17.9. The molecule has 0 saturated heterocycles. The van der Waals surface area contributed by atoms with Crippen LogP contribution in [0.15, 0.2) is 0 Å². The molecule has 0 aliphatic carbocycles. The summed E-state index contributed by atoms with van der Waals surface area (Å²) in [5, 5.41) is 9.28. The van der Waals surface area contributed by atoms with Crippen LogP contribution in [0.2, 0.25) is 0 Å². The van der Waals surface area contributed by atoms with Gasteiger partial charge in [-0.2, -0.15) is 0 Å². The quantitative estimate of drug-likeness (QED) is 0.342. The second kappa shape index (κ2) is 11.9. The standard InChI is InChI=1S/C19H38O4/c1-7-8-9-10-11-12-13-17(14-18(20)21)19(6,22-15(2)3)23-16(4)5/h15-17H,7-14H2,1-6H3,(H,20,21). The Morgan fingerprint density at radius 3 is 1.87 bits per heavy atom. The lowest BCUT2D eigenvalue weighted by atomic mass is 9.89. The topological polar surface area (TPSA) is 55.8 Å². The molecule has 138 valence electrons. The number of carboxylic acids is 1. The molecule has 0 rings (SSSR count). The van der Waals surface area contributed by atoms with E-state index < -0.39 is 11.8 Å². The molecule has 0 saturated carbocycles. The summed E-state index contributed by atoms with van der Waals surface area (Å²) in [4.78, 5) is 11.3. The van der Waals surface area contributed by atoms with Crippen molar-refractivity contribution >= 4 is 5.97 Å². The molecule has 0 aromatic heterocycles. The third kappa shape index (κ3) is 10.7. The van der Waals surface area contributed by atoms with E-state index in [9.17, 15) is 9.90 Å². The maximum Gasteiger partial charge on any atom is 0.303 e. The summed E-state index contributed by atoms with van der Waals surface area (Å²) in [6.45, 7) is 12.0. The number of unbranched alkanes of at least 4 members (excludes halogenated alkanes) is 5. The minimum Gasteiger partial charge on any atom is -0.481 e. The van der Waals surface area contributed by atoms with Gasteiger partial charge in [0.1, 0.15) is 0 Å². The molecule has 23 heavy (non-hydrogen) atoms. The van der Waals surface area contributed by atoms with Crippen molar-refractivity contribution in [3.63, 3.8) is 0 Å². The monoisotopic (exact) mass is 330 g/mol. The lowest BCUT2D eigenvalue weighted by Crippen LogP contribution is -2.45. The molecule has 0 spiro atoms. The molecule has 0 aromatic carbocycles. The Balaban J connectivity index is 4.74. The van der Waals surface area contributed by atoms with Crippen LogP contribution >= 0.6 is 0 Å². The van der Waals surface area contributed by atoms with Crippen LogP contribution in [-0.4, -0.2) is 29.1 Å². The van der Waals surface area contributed by atoms with E-state index in [1.165, 1.54) is 25.7 Å². The Hall–Kier alpha value is -0.610. The third-order valence-corrected chi connectivity index (χ3v) is 4.01. The van der Waals surface area contributed by atoms with E-state index in [0.717, 1.165) is 19.3 Å². The van der Waals surface area contributed by atoms with Gasteiger partial charge in [0.15, 0.2) is 5.79 Å². The average molecular weight is 331 g/mol. The summed E-state index contributed by atoms with van der Waals surface area (Å²) in [6.07, 6.45) is 8.10. The van der Waals surface area contributed by atoms with Crippen molar-refractivity contribution in [3.05, 3.63) is 0 Å². The van der Waals surface area contributed by atoms with Crippen LogP contribution in [0.25, 0.3) is 0 Å². The van der Waals surface area contributed by atoms with Gasteiger partial charge >= 0.3 is 5.97 Å². The Kier molecular flexibility index (Phi) is 11.5. The van der Waals surface area contributed by atoms with Crippen LogP contribution in [0.3, 0.4) is 0 Å². The highest BCUT2D eigenvalue weighted by atomic mass is 16.7. The van der Waals surface area contributed by atoms with Crippen molar-refractivity contribution in [1.82, 2.24) is 0 Å². The van der Waals surface area contributed by atoms with Crippen LogP contribution in [0.5, 0.6) is 0 Å². The van der Waals surface area contributed by atoms with E-state index in [4.69, 9.17) is 9.47 Å². The molecular formula is C19H38O4. The van der Waals surface area contributed by atoms with E-state index in [2.05, 4.69) is 6.92 Å². The lowest BCUT2D eigenvalue weighted by molar-refractivity contribution is -0.287. The molecule has 4 heteroatoms. The van der Waals surface area contributed by atoms with Gasteiger partial charge in [0.05, 0.1) is 18.6 Å². The molecule has 0 fully saturated rings. The maximum atomic E-state index is 11.3. The molecule has 0 aliphatic rings. The van der Waals surface area contributed by atoms with Crippen LogP contribution < -0.4 is 0 Å². The summed E-state index contributed by atoms with van der Waals surface area (Å²) >= 11 is 0. The zero-order valence-electron chi connectivity index (χ0n) is 16.1. The minimum absolute atomic E-state index is 0.000371. The van der Waals surface area contributed by atoms with Gasteiger partial charge in [-0.25, -0.2) is 0 Å². The number of aliphatic carboxylic acids is 1. The molecule has 4 nitrogen and oxygen atoms in total. The number of hydrogen-bond acceptors (Lipinski definition) is 3. The first-order valence-electron chi connectivity index (χ1n) is 9.28. The molecule has 1 N–H and O–H groups in total. The highest BCUT2D eigenvalue weighted by Crippen LogP contribution is 2.33. The molecular weight excluding hydrogens is 292 g/mol. The molecule has 1 unspecified atom stereocenters. The van der Waals surface area contributed by atoms with Gasteiger partial charge < -0.3 is 14.6 Å². The van der Waals surface area contributed by atoms with Gasteiger partial charge in [-0.15, -0.1) is 0 Å². The fourth-order valence-electron chi connectivity index (χ4n) is 3.09. The maximum absolute atomic E-state index is 11.3. The largest absolute Gasteiger partial charge is 0.481 e. The van der Waals surface area contributed by atoms with Gasteiger partial charge in [0, 0.05) is 5.92 Å². The Bertz CT molecular complexity index is 302. The van der Waals surface area contributed by atoms with E-state index in [1.807, 2.05) is 34.6 Å². The average Bonchev–Trinajstić information content (AvgIpc) is 2.38. The third-order valence-electron chi connectivity index (χ3n) is 4.01. The summed E-state index contributed by atoms with van der Waals surface area (Å²) < 4.78 is 12.0. The number of hydrogen-bond donors (Lipinski definition) is 1. The number of carbonyl (C=O) groups is 1. The number of carboxylic acid groups (broad SMARTS) is 1. The van der Waals surface area contributed by atoms with Gasteiger partial charge in [-0.3, -0.25) is 4.79 Å². The fourth-order valence-corrected chi connectivity index (χ4v) is 3.09. The first-order chi connectivity index (χ1) is 10.7.